The van der Waals surface area contributed by atoms with Crippen molar-refractivity contribution < 1.29 is 9.13 Å². The summed E-state index contributed by atoms with van der Waals surface area (Å²) in [4.78, 5) is 4.16. The Labute approximate surface area is 188 Å². The van der Waals surface area contributed by atoms with Gasteiger partial charge in [-0.1, -0.05) is 48.5 Å². The van der Waals surface area contributed by atoms with E-state index in [4.69, 9.17) is 4.74 Å². The molecule has 0 atom stereocenters. The quantitative estimate of drug-likeness (QED) is 0.374. The average molecular weight is 445 g/mol. The Morgan fingerprint density at radius 3 is 2.37 bits per heavy atom. The number of hydrogen-bond donors (Lipinski definition) is 1. The number of pyridine rings is 1. The fourth-order valence-electron chi connectivity index (χ4n) is 3.21. The molecule has 1 N–H and O–H groups in total. The van der Waals surface area contributed by atoms with Crippen LogP contribution in [0.5, 0.6) is 5.75 Å². The SMILES string of the molecule is Cl.Cl.Fc1ccc(COc2ccc3ccccc3c2CNCc2cccnc2)cc1. The molecule has 0 bridgehead atoms. The lowest BCUT2D eigenvalue weighted by atomic mass is 10.0. The van der Waals surface area contributed by atoms with E-state index in [-0.39, 0.29) is 30.6 Å². The van der Waals surface area contributed by atoms with E-state index in [0.717, 1.165) is 34.4 Å². The minimum atomic E-state index is -0.241. The third-order valence-electron chi connectivity index (χ3n) is 4.66. The summed E-state index contributed by atoms with van der Waals surface area (Å²) < 4.78 is 19.2. The van der Waals surface area contributed by atoms with Gasteiger partial charge in [-0.3, -0.25) is 4.98 Å². The zero-order valence-electron chi connectivity index (χ0n) is 16.3. The van der Waals surface area contributed by atoms with Gasteiger partial charge in [-0.2, -0.15) is 0 Å². The zero-order chi connectivity index (χ0) is 19.2. The molecule has 1 aromatic heterocycles. The first-order valence-corrected chi connectivity index (χ1v) is 9.27. The minimum absolute atomic E-state index is 0. The Kier molecular flexibility index (Phi) is 9.06. The molecule has 1 heterocycles. The third kappa shape index (κ3) is 5.92. The number of fused-ring (bicyclic) bond motifs is 1. The second-order valence-electron chi connectivity index (χ2n) is 6.64. The maximum atomic E-state index is 13.1. The van der Waals surface area contributed by atoms with Gasteiger partial charge in [-0.15, -0.1) is 24.8 Å². The highest BCUT2D eigenvalue weighted by molar-refractivity contribution is 5.87. The highest BCUT2D eigenvalue weighted by Crippen LogP contribution is 2.29. The smallest absolute Gasteiger partial charge is 0.124 e. The first kappa shape index (κ1) is 23.6. The number of nitrogens with one attached hydrogen (secondary N) is 1. The topological polar surface area (TPSA) is 34.1 Å². The molecule has 3 nitrogen and oxygen atoms in total. The van der Waals surface area contributed by atoms with E-state index in [1.165, 1.54) is 17.5 Å². The lowest BCUT2D eigenvalue weighted by Crippen LogP contribution is -2.14. The number of ether oxygens (including phenoxy) is 1. The molecule has 156 valence electrons. The van der Waals surface area contributed by atoms with Gasteiger partial charge in [0, 0.05) is 31.0 Å². The van der Waals surface area contributed by atoms with Crippen molar-refractivity contribution in [3.8, 4) is 5.75 Å². The Bertz CT molecular complexity index is 1060. The van der Waals surface area contributed by atoms with Crippen LogP contribution in [0, 0.1) is 5.82 Å². The molecule has 0 aliphatic carbocycles. The Morgan fingerprint density at radius 1 is 0.800 bits per heavy atom. The summed E-state index contributed by atoms with van der Waals surface area (Å²) >= 11 is 0. The molecular weight excluding hydrogens is 422 g/mol. The van der Waals surface area contributed by atoms with E-state index in [9.17, 15) is 4.39 Å². The Hall–Kier alpha value is -2.66. The lowest BCUT2D eigenvalue weighted by Gasteiger charge is -2.15. The summed E-state index contributed by atoms with van der Waals surface area (Å²) in [6, 6.07) is 22.8. The monoisotopic (exact) mass is 444 g/mol. The molecule has 30 heavy (non-hydrogen) atoms. The van der Waals surface area contributed by atoms with Crippen molar-refractivity contribution in [2.75, 3.05) is 0 Å². The molecule has 4 aromatic rings. The molecule has 0 saturated heterocycles. The summed E-state index contributed by atoms with van der Waals surface area (Å²) in [5.74, 6) is 0.594. The molecule has 0 spiro atoms. The average Bonchev–Trinajstić information content (AvgIpc) is 2.75. The van der Waals surface area contributed by atoms with E-state index in [1.54, 1.807) is 18.3 Å². The molecule has 6 heteroatoms. The molecule has 4 rings (SSSR count). The van der Waals surface area contributed by atoms with Crippen molar-refractivity contribution in [1.82, 2.24) is 10.3 Å². The van der Waals surface area contributed by atoms with Crippen molar-refractivity contribution in [1.29, 1.82) is 0 Å². The number of benzene rings is 3. The molecule has 0 radical (unpaired) electrons. The molecule has 0 unspecified atom stereocenters. The van der Waals surface area contributed by atoms with Crippen LogP contribution in [-0.2, 0) is 19.7 Å². The van der Waals surface area contributed by atoms with Crippen LogP contribution in [0.3, 0.4) is 0 Å². The van der Waals surface area contributed by atoms with Gasteiger partial charge in [-0.05, 0) is 46.2 Å². The maximum Gasteiger partial charge on any atom is 0.124 e. The van der Waals surface area contributed by atoms with Crippen LogP contribution in [0.1, 0.15) is 16.7 Å². The molecule has 0 fully saturated rings. The van der Waals surface area contributed by atoms with Crippen LogP contribution in [0.15, 0.2) is 85.2 Å². The van der Waals surface area contributed by atoms with Gasteiger partial charge in [0.15, 0.2) is 0 Å². The van der Waals surface area contributed by atoms with E-state index in [1.807, 2.05) is 30.5 Å². The minimum Gasteiger partial charge on any atom is -0.489 e. The highest BCUT2D eigenvalue weighted by atomic mass is 35.5. The van der Waals surface area contributed by atoms with Crippen molar-refractivity contribution in [2.24, 2.45) is 0 Å². The number of nitrogens with zero attached hydrogens (tertiary/aromatic N) is 1. The summed E-state index contributed by atoms with van der Waals surface area (Å²) in [5, 5.41) is 5.83. The van der Waals surface area contributed by atoms with Gasteiger partial charge in [0.05, 0.1) is 0 Å². The van der Waals surface area contributed by atoms with Crippen LogP contribution >= 0.6 is 24.8 Å². The van der Waals surface area contributed by atoms with Gasteiger partial charge >= 0.3 is 0 Å². The van der Waals surface area contributed by atoms with E-state index in [0.29, 0.717) is 13.2 Å². The third-order valence-corrected chi connectivity index (χ3v) is 4.66. The molecular formula is C24H23Cl2FN2O. The number of aromatic nitrogens is 1. The van der Waals surface area contributed by atoms with Crippen molar-refractivity contribution in [3.05, 3.63) is 108 Å². The molecule has 0 aliphatic heterocycles. The maximum absolute atomic E-state index is 13.1. The van der Waals surface area contributed by atoms with Crippen LogP contribution in [0.25, 0.3) is 10.8 Å². The van der Waals surface area contributed by atoms with E-state index >= 15 is 0 Å². The van der Waals surface area contributed by atoms with Crippen LogP contribution in [0.2, 0.25) is 0 Å². The Morgan fingerprint density at radius 2 is 1.60 bits per heavy atom. The van der Waals surface area contributed by atoms with Gasteiger partial charge in [0.2, 0.25) is 0 Å². The summed E-state index contributed by atoms with van der Waals surface area (Å²) in [6.07, 6.45) is 3.64. The number of rotatable bonds is 7. The first-order chi connectivity index (χ1) is 13.8. The van der Waals surface area contributed by atoms with Crippen molar-refractivity contribution in [2.45, 2.75) is 19.7 Å². The zero-order valence-corrected chi connectivity index (χ0v) is 17.9. The largest absolute Gasteiger partial charge is 0.489 e. The number of hydrogen-bond acceptors (Lipinski definition) is 3. The summed E-state index contributed by atoms with van der Waals surface area (Å²) in [7, 11) is 0. The number of halogens is 3. The van der Waals surface area contributed by atoms with Crippen LogP contribution < -0.4 is 10.1 Å². The molecule has 0 amide bonds. The van der Waals surface area contributed by atoms with Gasteiger partial charge in [0.25, 0.3) is 0 Å². The predicted octanol–water partition coefficient (Wildman–Crippen LogP) is 6.09. The molecule has 3 aromatic carbocycles. The Balaban J connectivity index is 0.00000160. The van der Waals surface area contributed by atoms with Crippen LogP contribution in [0.4, 0.5) is 4.39 Å². The second kappa shape index (κ2) is 11.5. The van der Waals surface area contributed by atoms with Gasteiger partial charge in [-0.25, -0.2) is 4.39 Å². The fourth-order valence-corrected chi connectivity index (χ4v) is 3.21. The van der Waals surface area contributed by atoms with E-state index < -0.39 is 0 Å². The fraction of sp³-hybridized carbons (Fsp3) is 0.125. The summed E-state index contributed by atoms with van der Waals surface area (Å²) in [5.41, 5.74) is 3.18. The normalized spacial score (nSPS) is 10.2. The predicted molar refractivity (Wildman–Crippen MR) is 124 cm³/mol. The molecule has 0 aliphatic rings. The lowest BCUT2D eigenvalue weighted by molar-refractivity contribution is 0.302. The van der Waals surface area contributed by atoms with Gasteiger partial charge < -0.3 is 10.1 Å². The highest BCUT2D eigenvalue weighted by Gasteiger charge is 2.09. The van der Waals surface area contributed by atoms with Crippen LogP contribution in [-0.4, -0.2) is 4.98 Å². The van der Waals surface area contributed by atoms with Crippen molar-refractivity contribution in [3.63, 3.8) is 0 Å². The van der Waals surface area contributed by atoms with Crippen molar-refractivity contribution >= 4 is 35.6 Å². The molecule has 0 saturated carbocycles. The second-order valence-corrected chi connectivity index (χ2v) is 6.64. The summed E-state index contributed by atoms with van der Waals surface area (Å²) in [6.45, 7) is 1.80. The first-order valence-electron chi connectivity index (χ1n) is 9.27. The van der Waals surface area contributed by atoms with Gasteiger partial charge in [0.1, 0.15) is 18.2 Å². The standard InChI is InChI=1S/C24H21FN2O.2ClH/c25-21-10-7-18(8-11-21)17-28-24-12-9-20-5-1-2-6-22(20)23(24)16-27-15-19-4-3-13-26-14-19;;/h1-14,27H,15-17H2;2*1H. The van der Waals surface area contributed by atoms with E-state index in [2.05, 4.69) is 34.6 Å².